The number of nitriles is 1. The van der Waals surface area contributed by atoms with Crippen molar-refractivity contribution in [2.75, 3.05) is 12.4 Å². The van der Waals surface area contributed by atoms with Gasteiger partial charge in [0, 0.05) is 18.6 Å². The van der Waals surface area contributed by atoms with E-state index in [4.69, 9.17) is 4.74 Å². The van der Waals surface area contributed by atoms with Gasteiger partial charge in [-0.2, -0.15) is 18.4 Å². The van der Waals surface area contributed by atoms with Crippen LogP contribution < -0.4 is 10.1 Å². The molecule has 34 heavy (non-hydrogen) atoms. The van der Waals surface area contributed by atoms with Crippen LogP contribution in [0.2, 0.25) is 0 Å². The zero-order valence-corrected chi connectivity index (χ0v) is 18.8. The van der Waals surface area contributed by atoms with Crippen molar-refractivity contribution in [2.24, 2.45) is 0 Å². The number of nitrogens with zero attached hydrogens (tertiary/aromatic N) is 6. The number of halogens is 4. The number of imidazole rings is 1. The summed E-state index contributed by atoms with van der Waals surface area (Å²) < 4.78 is 61.9. The summed E-state index contributed by atoms with van der Waals surface area (Å²) in [5.74, 6) is -0.0613. The SMILES string of the molecule is CCC[C@H](Nc1ncc(C(F)(F)F)c(-c2cn(-c3ccnc(OC)c3C#N)cn2)n1)[C@H](F)CC. The molecule has 0 amide bonds. The zero-order valence-electron chi connectivity index (χ0n) is 18.8. The minimum Gasteiger partial charge on any atom is -0.480 e. The zero-order chi connectivity index (χ0) is 24.9. The molecule has 0 aliphatic heterocycles. The van der Waals surface area contributed by atoms with Crippen LogP contribution in [0.3, 0.4) is 0 Å². The second-order valence-corrected chi connectivity index (χ2v) is 7.41. The second-order valence-electron chi connectivity index (χ2n) is 7.41. The molecule has 0 bridgehead atoms. The van der Waals surface area contributed by atoms with E-state index in [-0.39, 0.29) is 29.5 Å². The largest absolute Gasteiger partial charge is 0.480 e. The lowest BCUT2D eigenvalue weighted by molar-refractivity contribution is -0.137. The minimum absolute atomic E-state index is 0.0680. The Hall–Kier alpha value is -3.75. The van der Waals surface area contributed by atoms with Crippen molar-refractivity contribution in [1.29, 1.82) is 5.26 Å². The van der Waals surface area contributed by atoms with Crippen LogP contribution in [0.5, 0.6) is 5.88 Å². The first-order valence-electron chi connectivity index (χ1n) is 10.6. The summed E-state index contributed by atoms with van der Waals surface area (Å²) in [6.45, 7) is 3.57. The molecule has 1 N–H and O–H groups in total. The van der Waals surface area contributed by atoms with E-state index in [1.54, 1.807) is 6.92 Å². The third-order valence-electron chi connectivity index (χ3n) is 5.14. The average Bonchev–Trinajstić information content (AvgIpc) is 3.32. The van der Waals surface area contributed by atoms with Crippen molar-refractivity contribution in [3.63, 3.8) is 0 Å². The minimum atomic E-state index is -4.75. The highest BCUT2D eigenvalue weighted by Gasteiger charge is 2.36. The fourth-order valence-corrected chi connectivity index (χ4v) is 3.44. The van der Waals surface area contributed by atoms with Crippen LogP contribution in [0.15, 0.2) is 31.0 Å². The van der Waals surface area contributed by atoms with Gasteiger partial charge in [-0.25, -0.2) is 24.3 Å². The fraction of sp³-hybridized carbons (Fsp3) is 0.409. The maximum Gasteiger partial charge on any atom is 0.420 e. The number of methoxy groups -OCH3 is 1. The second kappa shape index (κ2) is 10.5. The van der Waals surface area contributed by atoms with Gasteiger partial charge in [-0.1, -0.05) is 20.3 Å². The van der Waals surface area contributed by atoms with Crippen LogP contribution in [-0.4, -0.2) is 43.8 Å². The number of aromatic nitrogens is 5. The molecule has 0 fully saturated rings. The van der Waals surface area contributed by atoms with Crippen LogP contribution in [0.1, 0.15) is 44.2 Å². The number of alkyl halides is 4. The highest BCUT2D eigenvalue weighted by Crippen LogP contribution is 2.36. The van der Waals surface area contributed by atoms with Gasteiger partial charge in [-0.15, -0.1) is 0 Å². The van der Waals surface area contributed by atoms with Crippen molar-refractivity contribution in [3.8, 4) is 29.0 Å². The summed E-state index contributed by atoms with van der Waals surface area (Å²) >= 11 is 0. The van der Waals surface area contributed by atoms with E-state index in [2.05, 4.69) is 25.3 Å². The lowest BCUT2D eigenvalue weighted by Crippen LogP contribution is -2.31. The highest BCUT2D eigenvalue weighted by atomic mass is 19.4. The van der Waals surface area contributed by atoms with Gasteiger partial charge in [0.05, 0.1) is 18.8 Å². The summed E-state index contributed by atoms with van der Waals surface area (Å²) in [6, 6.07) is 2.84. The van der Waals surface area contributed by atoms with Crippen LogP contribution in [-0.2, 0) is 6.18 Å². The summed E-state index contributed by atoms with van der Waals surface area (Å²) in [7, 11) is 1.35. The monoisotopic (exact) mass is 477 g/mol. The van der Waals surface area contributed by atoms with Gasteiger partial charge in [-0.3, -0.25) is 0 Å². The van der Waals surface area contributed by atoms with Crippen molar-refractivity contribution < 1.29 is 22.3 Å². The molecule has 12 heteroatoms. The third kappa shape index (κ3) is 5.24. The van der Waals surface area contributed by atoms with Crippen molar-refractivity contribution in [2.45, 2.75) is 51.5 Å². The van der Waals surface area contributed by atoms with Gasteiger partial charge in [0.2, 0.25) is 11.8 Å². The molecule has 180 valence electrons. The summed E-state index contributed by atoms with van der Waals surface area (Å²) in [6.07, 6.45) is 0.0473. The predicted molar refractivity (Wildman–Crippen MR) is 116 cm³/mol. The maximum absolute atomic E-state index is 14.3. The molecule has 0 aromatic carbocycles. The molecular weight excluding hydrogens is 454 g/mol. The van der Waals surface area contributed by atoms with Crippen LogP contribution in [0.4, 0.5) is 23.5 Å². The Morgan fingerprint density at radius 2 is 2.00 bits per heavy atom. The number of nitrogens with one attached hydrogen (secondary N) is 1. The molecule has 3 aromatic heterocycles. The van der Waals surface area contributed by atoms with Gasteiger partial charge in [0.15, 0.2) is 0 Å². The molecule has 0 spiro atoms. The van der Waals surface area contributed by atoms with Gasteiger partial charge < -0.3 is 14.6 Å². The molecule has 0 radical (unpaired) electrons. The van der Waals surface area contributed by atoms with Gasteiger partial charge in [0.25, 0.3) is 0 Å². The van der Waals surface area contributed by atoms with Gasteiger partial charge in [0.1, 0.15) is 41.1 Å². The summed E-state index contributed by atoms with van der Waals surface area (Å²) in [5, 5.41) is 12.3. The number of hydrogen-bond acceptors (Lipinski definition) is 7. The first-order valence-corrected chi connectivity index (χ1v) is 10.6. The topological polar surface area (TPSA) is 102 Å². The molecule has 3 heterocycles. The Bertz CT molecular complexity index is 1170. The maximum atomic E-state index is 14.3. The molecule has 0 aliphatic carbocycles. The van der Waals surface area contributed by atoms with E-state index >= 15 is 0 Å². The summed E-state index contributed by atoms with van der Waals surface area (Å²) in [4.78, 5) is 15.8. The van der Waals surface area contributed by atoms with Crippen LogP contribution in [0, 0.1) is 11.3 Å². The Morgan fingerprint density at radius 1 is 1.24 bits per heavy atom. The first kappa shape index (κ1) is 24.9. The van der Waals surface area contributed by atoms with Gasteiger partial charge in [-0.05, 0) is 18.9 Å². The lowest BCUT2D eigenvalue weighted by Gasteiger charge is -2.21. The fourth-order valence-electron chi connectivity index (χ4n) is 3.44. The van der Waals surface area contributed by atoms with E-state index in [0.717, 1.165) is 0 Å². The number of ether oxygens (including phenoxy) is 1. The summed E-state index contributed by atoms with van der Waals surface area (Å²) in [5.41, 5.74) is -1.25. The third-order valence-corrected chi connectivity index (χ3v) is 5.14. The Labute approximate surface area is 193 Å². The number of anilines is 1. The number of pyridine rings is 1. The molecule has 8 nitrogen and oxygen atoms in total. The normalized spacial score (nSPS) is 13.2. The van der Waals surface area contributed by atoms with Crippen LogP contribution >= 0.6 is 0 Å². The highest BCUT2D eigenvalue weighted by molar-refractivity contribution is 5.62. The van der Waals surface area contributed by atoms with E-state index in [9.17, 15) is 22.8 Å². The molecule has 0 saturated heterocycles. The van der Waals surface area contributed by atoms with Crippen molar-refractivity contribution >= 4 is 5.95 Å². The van der Waals surface area contributed by atoms with E-state index in [0.29, 0.717) is 24.7 Å². The molecule has 3 rings (SSSR count). The first-order chi connectivity index (χ1) is 16.2. The Balaban J connectivity index is 2.07. The van der Waals surface area contributed by atoms with E-state index in [1.165, 1.54) is 36.5 Å². The molecule has 0 aliphatic rings. The standard InChI is InChI=1S/C22H23F4N7O/c1-4-6-16(15(23)5-2)31-21-29-10-14(22(24,25)26)19(32-21)17-11-33(12-30-17)18-7-8-28-20(34-3)13(18)9-27/h7-8,10-12,15-16H,4-6H2,1-3H3,(H,29,31,32)/t15-,16+/m1/s1. The number of rotatable bonds is 9. The smallest absolute Gasteiger partial charge is 0.420 e. The van der Waals surface area contributed by atoms with Crippen molar-refractivity contribution in [3.05, 3.63) is 42.1 Å². The Kier molecular flexibility index (Phi) is 7.65. The average molecular weight is 477 g/mol. The Morgan fingerprint density at radius 3 is 2.62 bits per heavy atom. The lowest BCUT2D eigenvalue weighted by atomic mass is 10.1. The van der Waals surface area contributed by atoms with E-state index in [1.807, 2.05) is 13.0 Å². The quantitative estimate of drug-likeness (QED) is 0.435. The predicted octanol–water partition coefficient (Wildman–Crippen LogP) is 4.95. The van der Waals surface area contributed by atoms with Gasteiger partial charge >= 0.3 is 6.18 Å². The molecule has 3 aromatic rings. The molecule has 0 unspecified atom stereocenters. The molecule has 2 atom stereocenters. The van der Waals surface area contributed by atoms with E-state index < -0.39 is 29.6 Å². The van der Waals surface area contributed by atoms with Crippen molar-refractivity contribution in [1.82, 2.24) is 24.5 Å². The molecular formula is C22H23F4N7O. The van der Waals surface area contributed by atoms with Crippen LogP contribution in [0.25, 0.3) is 17.1 Å². The number of hydrogen-bond donors (Lipinski definition) is 1. The molecule has 0 saturated carbocycles.